The highest BCUT2D eigenvalue weighted by Gasteiger charge is 2.05. The summed E-state index contributed by atoms with van der Waals surface area (Å²) in [4.78, 5) is 12.0. The number of hydrogen-bond donors (Lipinski definition) is 1. The Hall–Kier alpha value is -2.03. The Labute approximate surface area is 151 Å². The van der Waals surface area contributed by atoms with Crippen molar-refractivity contribution in [3.8, 4) is 0 Å². The van der Waals surface area contributed by atoms with Crippen molar-refractivity contribution in [2.24, 2.45) is 0 Å². The van der Waals surface area contributed by atoms with Crippen LogP contribution >= 0.6 is 23.2 Å². The second kappa shape index (κ2) is 7.69. The Morgan fingerprint density at radius 3 is 2.38 bits per heavy atom. The van der Waals surface area contributed by atoms with Crippen molar-refractivity contribution in [1.82, 2.24) is 5.32 Å². The highest BCUT2D eigenvalue weighted by atomic mass is 35.5. The molecule has 0 saturated carbocycles. The van der Waals surface area contributed by atoms with Crippen LogP contribution in [-0.4, -0.2) is 5.91 Å². The van der Waals surface area contributed by atoms with E-state index in [1.807, 2.05) is 24.3 Å². The predicted octanol–water partition coefficient (Wildman–Crippen LogP) is 5.40. The molecule has 0 spiro atoms. The van der Waals surface area contributed by atoms with Gasteiger partial charge in [-0.05, 0) is 46.5 Å². The van der Waals surface area contributed by atoms with Gasteiger partial charge in [0.15, 0.2) is 0 Å². The zero-order valence-electron chi connectivity index (χ0n) is 13.1. The maximum Gasteiger partial charge on any atom is 0.220 e. The van der Waals surface area contributed by atoms with Gasteiger partial charge in [-0.15, -0.1) is 0 Å². The fourth-order valence-corrected chi connectivity index (χ4v) is 2.91. The molecule has 0 aliphatic carbocycles. The molecule has 122 valence electrons. The minimum atomic E-state index is 0.0224. The summed E-state index contributed by atoms with van der Waals surface area (Å²) in [7, 11) is 0. The third kappa shape index (κ3) is 4.28. The van der Waals surface area contributed by atoms with Crippen molar-refractivity contribution in [2.45, 2.75) is 19.4 Å². The van der Waals surface area contributed by atoms with E-state index in [0.29, 0.717) is 29.4 Å². The van der Waals surface area contributed by atoms with Crippen molar-refractivity contribution in [3.63, 3.8) is 0 Å². The summed E-state index contributed by atoms with van der Waals surface area (Å²) in [5.74, 6) is 0.0224. The summed E-state index contributed by atoms with van der Waals surface area (Å²) in [6.45, 7) is 0.533. The zero-order valence-corrected chi connectivity index (χ0v) is 14.6. The summed E-state index contributed by atoms with van der Waals surface area (Å²) in [5, 5.41) is 6.39. The van der Waals surface area contributed by atoms with Crippen LogP contribution < -0.4 is 5.32 Å². The van der Waals surface area contributed by atoms with Crippen molar-refractivity contribution in [2.75, 3.05) is 0 Å². The molecule has 24 heavy (non-hydrogen) atoms. The number of benzene rings is 3. The first-order valence-electron chi connectivity index (χ1n) is 7.80. The number of amides is 1. The molecule has 0 bridgehead atoms. The van der Waals surface area contributed by atoms with Crippen LogP contribution in [0.5, 0.6) is 0 Å². The van der Waals surface area contributed by atoms with Crippen LogP contribution in [0.4, 0.5) is 0 Å². The second-order valence-electron chi connectivity index (χ2n) is 5.71. The summed E-state index contributed by atoms with van der Waals surface area (Å²) in [6.07, 6.45) is 1.06. The third-order valence-corrected chi connectivity index (χ3v) is 4.67. The predicted molar refractivity (Wildman–Crippen MR) is 101 cm³/mol. The van der Waals surface area contributed by atoms with Crippen LogP contribution in [0.1, 0.15) is 17.5 Å². The van der Waals surface area contributed by atoms with E-state index in [1.54, 1.807) is 12.1 Å². The number of carbonyl (C=O) groups is 1. The van der Waals surface area contributed by atoms with E-state index in [0.717, 1.165) is 11.1 Å². The number of fused-ring (bicyclic) bond motifs is 1. The zero-order chi connectivity index (χ0) is 16.9. The van der Waals surface area contributed by atoms with E-state index in [9.17, 15) is 4.79 Å². The lowest BCUT2D eigenvalue weighted by Crippen LogP contribution is -2.22. The van der Waals surface area contributed by atoms with Gasteiger partial charge in [0.25, 0.3) is 0 Å². The molecule has 0 unspecified atom stereocenters. The molecule has 3 aromatic rings. The lowest BCUT2D eigenvalue weighted by molar-refractivity contribution is -0.121. The van der Waals surface area contributed by atoms with Crippen LogP contribution in [0.15, 0.2) is 60.7 Å². The molecule has 3 rings (SSSR count). The summed E-state index contributed by atoms with van der Waals surface area (Å²) in [5.41, 5.74) is 2.10. The van der Waals surface area contributed by atoms with Gasteiger partial charge in [-0.1, -0.05) is 65.7 Å². The molecule has 4 heteroatoms. The minimum Gasteiger partial charge on any atom is -0.352 e. The smallest absolute Gasteiger partial charge is 0.220 e. The SMILES string of the molecule is O=C(CCc1ccc(Cl)c(Cl)c1)NCc1ccc2ccccc2c1. The monoisotopic (exact) mass is 357 g/mol. The van der Waals surface area contributed by atoms with Crippen LogP contribution in [-0.2, 0) is 17.8 Å². The molecular weight excluding hydrogens is 341 g/mol. The van der Waals surface area contributed by atoms with E-state index >= 15 is 0 Å². The first kappa shape index (κ1) is 16.8. The van der Waals surface area contributed by atoms with E-state index in [2.05, 4.69) is 29.6 Å². The Morgan fingerprint density at radius 2 is 1.58 bits per heavy atom. The molecule has 0 aromatic heterocycles. The molecule has 3 aromatic carbocycles. The fourth-order valence-electron chi connectivity index (χ4n) is 2.59. The van der Waals surface area contributed by atoms with Gasteiger partial charge >= 0.3 is 0 Å². The van der Waals surface area contributed by atoms with Gasteiger partial charge in [-0.2, -0.15) is 0 Å². The highest BCUT2D eigenvalue weighted by Crippen LogP contribution is 2.23. The topological polar surface area (TPSA) is 29.1 Å². The molecule has 1 N–H and O–H groups in total. The fraction of sp³-hybridized carbons (Fsp3) is 0.150. The number of halogens is 2. The molecule has 0 saturated heterocycles. The van der Waals surface area contributed by atoms with E-state index < -0.39 is 0 Å². The summed E-state index contributed by atoms with van der Waals surface area (Å²) >= 11 is 11.9. The quantitative estimate of drug-likeness (QED) is 0.650. The number of hydrogen-bond acceptors (Lipinski definition) is 1. The van der Waals surface area contributed by atoms with Gasteiger partial charge in [-0.3, -0.25) is 4.79 Å². The lowest BCUT2D eigenvalue weighted by atomic mass is 10.1. The summed E-state index contributed by atoms with van der Waals surface area (Å²) < 4.78 is 0. The average Bonchev–Trinajstić information content (AvgIpc) is 2.60. The normalized spacial score (nSPS) is 10.8. The lowest BCUT2D eigenvalue weighted by Gasteiger charge is -2.07. The number of carbonyl (C=O) groups excluding carboxylic acids is 1. The van der Waals surface area contributed by atoms with Gasteiger partial charge in [0.05, 0.1) is 10.0 Å². The molecule has 0 aliphatic rings. The number of aryl methyl sites for hydroxylation is 1. The Balaban J connectivity index is 1.53. The minimum absolute atomic E-state index is 0.0224. The standard InChI is InChI=1S/C20H17Cl2NO/c21-18-9-6-14(12-19(18)22)7-10-20(24)23-13-15-5-8-16-3-1-2-4-17(16)11-15/h1-6,8-9,11-12H,7,10,13H2,(H,23,24). The molecular formula is C20H17Cl2NO. The molecule has 2 nitrogen and oxygen atoms in total. The third-order valence-electron chi connectivity index (χ3n) is 3.93. The van der Waals surface area contributed by atoms with Crippen molar-refractivity contribution in [1.29, 1.82) is 0 Å². The first-order chi connectivity index (χ1) is 11.6. The first-order valence-corrected chi connectivity index (χ1v) is 8.56. The highest BCUT2D eigenvalue weighted by molar-refractivity contribution is 6.42. The van der Waals surface area contributed by atoms with Crippen LogP contribution in [0.3, 0.4) is 0 Å². The molecule has 0 heterocycles. The van der Waals surface area contributed by atoms with Gasteiger partial charge in [0.2, 0.25) is 5.91 Å². The Morgan fingerprint density at radius 1 is 0.833 bits per heavy atom. The van der Waals surface area contributed by atoms with Gasteiger partial charge in [0, 0.05) is 13.0 Å². The van der Waals surface area contributed by atoms with Gasteiger partial charge < -0.3 is 5.32 Å². The van der Waals surface area contributed by atoms with Crippen molar-refractivity contribution in [3.05, 3.63) is 81.8 Å². The van der Waals surface area contributed by atoms with Crippen LogP contribution in [0, 0.1) is 0 Å². The Bertz CT molecular complexity index is 876. The molecule has 0 fully saturated rings. The molecule has 1 amide bonds. The van der Waals surface area contributed by atoms with E-state index in [-0.39, 0.29) is 5.91 Å². The molecule has 0 radical (unpaired) electrons. The molecule has 0 atom stereocenters. The second-order valence-corrected chi connectivity index (χ2v) is 6.52. The maximum atomic E-state index is 12.0. The van der Waals surface area contributed by atoms with Crippen LogP contribution in [0.25, 0.3) is 10.8 Å². The van der Waals surface area contributed by atoms with Gasteiger partial charge in [0.1, 0.15) is 0 Å². The number of rotatable bonds is 5. The largest absolute Gasteiger partial charge is 0.352 e. The Kier molecular flexibility index (Phi) is 5.39. The van der Waals surface area contributed by atoms with Crippen LogP contribution in [0.2, 0.25) is 10.0 Å². The van der Waals surface area contributed by atoms with Crippen molar-refractivity contribution >= 4 is 39.9 Å². The van der Waals surface area contributed by atoms with Gasteiger partial charge in [-0.25, -0.2) is 0 Å². The number of nitrogens with one attached hydrogen (secondary N) is 1. The average molecular weight is 358 g/mol. The van der Waals surface area contributed by atoms with E-state index in [4.69, 9.17) is 23.2 Å². The maximum absolute atomic E-state index is 12.0. The van der Waals surface area contributed by atoms with Crippen molar-refractivity contribution < 1.29 is 4.79 Å². The van der Waals surface area contributed by atoms with E-state index in [1.165, 1.54) is 10.8 Å². The summed E-state index contributed by atoms with van der Waals surface area (Å²) in [6, 6.07) is 19.9. The molecule has 0 aliphatic heterocycles.